The summed E-state index contributed by atoms with van der Waals surface area (Å²) in [5.41, 5.74) is 1.96. The van der Waals surface area contributed by atoms with Crippen LogP contribution in [0.2, 0.25) is 0 Å². The van der Waals surface area contributed by atoms with E-state index in [1.165, 1.54) is 5.56 Å². The smallest absolute Gasteiger partial charge is 0.254 e. The van der Waals surface area contributed by atoms with Crippen LogP contribution in [0.3, 0.4) is 0 Å². The zero-order chi connectivity index (χ0) is 15.6. The molecule has 6 heteroatoms. The van der Waals surface area contributed by atoms with Crippen LogP contribution in [0.25, 0.3) is 0 Å². The van der Waals surface area contributed by atoms with Gasteiger partial charge in [-0.1, -0.05) is 32.9 Å². The van der Waals surface area contributed by atoms with Gasteiger partial charge in [-0.3, -0.25) is 4.79 Å². The van der Waals surface area contributed by atoms with E-state index in [1.54, 1.807) is 23.7 Å². The monoisotopic (exact) mass is 287 g/mol. The molecule has 1 aromatic heterocycles. The number of carbonyl (C=O) groups excluding carboxylic acids is 1. The summed E-state index contributed by atoms with van der Waals surface area (Å²) in [5.74, 6) is 0.607. The van der Waals surface area contributed by atoms with Gasteiger partial charge in [0.1, 0.15) is 0 Å². The lowest BCUT2D eigenvalue weighted by molar-refractivity contribution is 0.0780. The van der Waals surface area contributed by atoms with E-state index in [0.717, 1.165) is 0 Å². The average Bonchev–Trinajstić information content (AvgIpc) is 2.82. The maximum absolute atomic E-state index is 12.4. The highest BCUT2D eigenvalue weighted by Crippen LogP contribution is 2.22. The molecule has 0 aliphatic carbocycles. The molecule has 21 heavy (non-hydrogen) atoms. The molecule has 1 amide bonds. The Hall–Kier alpha value is -2.24. The molecule has 0 fully saturated rings. The van der Waals surface area contributed by atoms with Crippen molar-refractivity contribution in [3.05, 3.63) is 41.2 Å². The first-order valence-electron chi connectivity index (χ1n) is 6.86. The lowest BCUT2D eigenvalue weighted by Crippen LogP contribution is -2.27. The highest BCUT2D eigenvalue weighted by atomic mass is 16.2. The first-order valence-corrected chi connectivity index (χ1v) is 6.86. The van der Waals surface area contributed by atoms with E-state index < -0.39 is 0 Å². The Labute approximate surface area is 124 Å². The molecule has 0 aliphatic heterocycles. The van der Waals surface area contributed by atoms with Crippen LogP contribution in [0, 0.1) is 0 Å². The van der Waals surface area contributed by atoms with Crippen LogP contribution in [0.4, 0.5) is 0 Å². The van der Waals surface area contributed by atoms with Gasteiger partial charge < -0.3 is 4.90 Å². The van der Waals surface area contributed by atoms with E-state index in [4.69, 9.17) is 0 Å². The number of tetrazole rings is 1. The van der Waals surface area contributed by atoms with E-state index >= 15 is 0 Å². The van der Waals surface area contributed by atoms with E-state index in [2.05, 4.69) is 36.3 Å². The van der Waals surface area contributed by atoms with Crippen LogP contribution >= 0.6 is 0 Å². The molecule has 0 spiro atoms. The molecular weight excluding hydrogens is 266 g/mol. The lowest BCUT2D eigenvalue weighted by atomic mass is 9.86. The minimum absolute atomic E-state index is 0.0431. The van der Waals surface area contributed by atoms with Crippen molar-refractivity contribution in [1.82, 2.24) is 25.1 Å². The van der Waals surface area contributed by atoms with Crippen LogP contribution in [0.5, 0.6) is 0 Å². The zero-order valence-electron chi connectivity index (χ0n) is 13.2. The second kappa shape index (κ2) is 5.63. The van der Waals surface area contributed by atoms with Crippen LogP contribution in [0.15, 0.2) is 24.3 Å². The molecule has 1 heterocycles. The van der Waals surface area contributed by atoms with Crippen molar-refractivity contribution in [3.8, 4) is 0 Å². The molecule has 0 atom stereocenters. The van der Waals surface area contributed by atoms with Crippen LogP contribution in [-0.2, 0) is 19.0 Å². The fourth-order valence-electron chi connectivity index (χ4n) is 2.00. The Bertz CT molecular complexity index is 624. The largest absolute Gasteiger partial charge is 0.334 e. The van der Waals surface area contributed by atoms with E-state index in [1.807, 2.05) is 24.3 Å². The normalized spacial score (nSPS) is 11.5. The average molecular weight is 287 g/mol. The van der Waals surface area contributed by atoms with Crippen molar-refractivity contribution in [1.29, 1.82) is 0 Å². The number of benzene rings is 1. The summed E-state index contributed by atoms with van der Waals surface area (Å²) in [6.07, 6.45) is 0. The van der Waals surface area contributed by atoms with Gasteiger partial charge in [-0.2, -0.15) is 0 Å². The summed E-state index contributed by atoms with van der Waals surface area (Å²) in [5, 5.41) is 11.2. The summed E-state index contributed by atoms with van der Waals surface area (Å²) >= 11 is 0. The molecule has 6 nitrogen and oxygen atoms in total. The molecule has 0 saturated heterocycles. The number of hydrogen-bond donors (Lipinski definition) is 0. The molecule has 112 valence electrons. The quantitative estimate of drug-likeness (QED) is 0.863. The lowest BCUT2D eigenvalue weighted by Gasteiger charge is -2.20. The Morgan fingerprint density at radius 3 is 2.33 bits per heavy atom. The molecule has 0 N–H and O–H groups in total. The van der Waals surface area contributed by atoms with Crippen molar-refractivity contribution in [2.24, 2.45) is 7.05 Å². The third-order valence-corrected chi connectivity index (χ3v) is 3.43. The Morgan fingerprint density at radius 2 is 1.86 bits per heavy atom. The first kappa shape index (κ1) is 15.2. The Morgan fingerprint density at radius 1 is 1.24 bits per heavy atom. The van der Waals surface area contributed by atoms with Gasteiger partial charge in [0, 0.05) is 19.7 Å². The number of carbonyl (C=O) groups is 1. The second-order valence-corrected chi connectivity index (χ2v) is 6.21. The third-order valence-electron chi connectivity index (χ3n) is 3.43. The fourth-order valence-corrected chi connectivity index (χ4v) is 2.00. The van der Waals surface area contributed by atoms with Gasteiger partial charge in [-0.25, -0.2) is 4.68 Å². The molecule has 0 radical (unpaired) electrons. The Kier molecular flexibility index (Phi) is 4.06. The van der Waals surface area contributed by atoms with E-state index in [-0.39, 0.29) is 11.3 Å². The molecule has 2 aromatic rings. The van der Waals surface area contributed by atoms with Crippen molar-refractivity contribution in [2.75, 3.05) is 7.05 Å². The summed E-state index contributed by atoms with van der Waals surface area (Å²) in [7, 11) is 3.50. The zero-order valence-corrected chi connectivity index (χ0v) is 13.2. The number of aromatic nitrogens is 4. The second-order valence-electron chi connectivity index (χ2n) is 6.21. The van der Waals surface area contributed by atoms with Crippen molar-refractivity contribution >= 4 is 5.91 Å². The first-order chi connectivity index (χ1) is 9.79. The molecular formula is C15H21N5O. The van der Waals surface area contributed by atoms with E-state index in [9.17, 15) is 4.79 Å². The molecule has 0 unspecified atom stereocenters. The van der Waals surface area contributed by atoms with Gasteiger partial charge in [0.15, 0.2) is 5.82 Å². The van der Waals surface area contributed by atoms with Crippen LogP contribution < -0.4 is 0 Å². The van der Waals surface area contributed by atoms with Gasteiger partial charge in [-0.15, -0.1) is 5.10 Å². The third kappa shape index (κ3) is 3.45. The minimum atomic E-state index is -0.0431. The summed E-state index contributed by atoms with van der Waals surface area (Å²) in [4.78, 5) is 14.0. The fraction of sp³-hybridized carbons (Fsp3) is 0.467. The molecule has 2 rings (SSSR count). The summed E-state index contributed by atoms with van der Waals surface area (Å²) in [6.45, 7) is 6.83. The Balaban J connectivity index is 2.11. The molecule has 0 saturated carbocycles. The highest BCUT2D eigenvalue weighted by molar-refractivity contribution is 5.94. The van der Waals surface area contributed by atoms with Gasteiger partial charge in [0.2, 0.25) is 0 Å². The number of rotatable bonds is 3. The maximum atomic E-state index is 12.4. The van der Waals surface area contributed by atoms with Gasteiger partial charge in [-0.05, 0) is 33.5 Å². The van der Waals surface area contributed by atoms with Gasteiger partial charge >= 0.3 is 0 Å². The van der Waals surface area contributed by atoms with Crippen molar-refractivity contribution < 1.29 is 4.79 Å². The van der Waals surface area contributed by atoms with Crippen LogP contribution in [-0.4, -0.2) is 38.1 Å². The number of nitrogens with zero attached hydrogens (tertiary/aromatic N) is 5. The summed E-state index contributed by atoms with van der Waals surface area (Å²) < 4.78 is 1.56. The molecule has 1 aromatic carbocycles. The van der Waals surface area contributed by atoms with Gasteiger partial charge in [0.05, 0.1) is 6.54 Å². The minimum Gasteiger partial charge on any atom is -0.334 e. The predicted molar refractivity (Wildman–Crippen MR) is 79.7 cm³/mol. The molecule has 0 bridgehead atoms. The van der Waals surface area contributed by atoms with Crippen molar-refractivity contribution in [2.45, 2.75) is 32.7 Å². The number of amides is 1. The predicted octanol–water partition coefficient (Wildman–Crippen LogP) is 1.78. The van der Waals surface area contributed by atoms with E-state index in [0.29, 0.717) is 17.9 Å². The maximum Gasteiger partial charge on any atom is 0.254 e. The van der Waals surface area contributed by atoms with Gasteiger partial charge in [0.25, 0.3) is 5.91 Å². The summed E-state index contributed by atoms with van der Waals surface area (Å²) in [6, 6.07) is 7.75. The number of aryl methyl sites for hydroxylation is 1. The standard InChI is InChI=1S/C15H21N5O/c1-15(2,3)12-8-6-11(7-9-12)14(21)19(4)10-13-16-17-18-20(13)5/h6-9H,10H2,1-5H3. The SMILES string of the molecule is CN(Cc1nnnn1C)C(=O)c1ccc(C(C)(C)C)cc1. The number of hydrogen-bond acceptors (Lipinski definition) is 4. The van der Waals surface area contributed by atoms with Crippen LogP contribution in [0.1, 0.15) is 42.5 Å². The molecule has 0 aliphatic rings. The highest BCUT2D eigenvalue weighted by Gasteiger charge is 2.17. The topological polar surface area (TPSA) is 63.9 Å². The van der Waals surface area contributed by atoms with Crippen molar-refractivity contribution in [3.63, 3.8) is 0 Å².